The van der Waals surface area contributed by atoms with Crippen molar-refractivity contribution < 1.29 is 13.6 Å². The van der Waals surface area contributed by atoms with Crippen LogP contribution in [0.25, 0.3) is 0 Å². The minimum absolute atomic E-state index is 0.141. The Morgan fingerprint density at radius 3 is 1.35 bits per heavy atom. The van der Waals surface area contributed by atoms with E-state index in [4.69, 9.17) is 8.85 Å². The second-order valence-corrected chi connectivity index (χ2v) is 29.3. The van der Waals surface area contributed by atoms with Gasteiger partial charge in [-0.1, -0.05) is 148 Å². The predicted molar refractivity (Wildman–Crippen MR) is 220 cm³/mol. The van der Waals surface area contributed by atoms with E-state index in [9.17, 15) is 4.79 Å². The van der Waals surface area contributed by atoms with Gasteiger partial charge in [0.05, 0.1) is 5.69 Å². The van der Waals surface area contributed by atoms with E-state index < -0.39 is 16.6 Å². The molecule has 49 heavy (non-hydrogen) atoms. The third-order valence-electron chi connectivity index (χ3n) is 12.1. The monoisotopic (exact) mass is 714 g/mol. The minimum atomic E-state index is -1.98. The molecule has 0 atom stereocenters. The zero-order chi connectivity index (χ0) is 37.6. The van der Waals surface area contributed by atoms with E-state index in [1.165, 1.54) is 16.7 Å². The molecule has 0 saturated heterocycles. The summed E-state index contributed by atoms with van der Waals surface area (Å²) in [7, 11) is -3.92. The summed E-state index contributed by atoms with van der Waals surface area (Å²) >= 11 is 0. The van der Waals surface area contributed by atoms with E-state index in [1.807, 2.05) is 0 Å². The SMILES string of the molecule is CC(C)c1cccc(C(C)C)c1N1CC(C)(C)C(CCCO[Si](C(C)C)(C(C)C)C(C)C)=C(CCCO[Si](C(C)C)(C(C)C)C(C)C)C1=O. The standard InChI is InChI=1S/C43H79NO3Si2/c1-29(2)37-22-19-23-38(30(3)4)41(37)44-28-43(17,18)40(25-21-27-47-49(34(11)12,35(13)14)36(15)16)39(42(44)45)24-20-26-46-48(31(5)6,32(7)8)33(9)10/h19,22-23,29-36H,20-21,24-28H2,1-18H3. The Morgan fingerprint density at radius 2 is 1.00 bits per heavy atom. The lowest BCUT2D eigenvalue weighted by Crippen LogP contribution is -2.48. The van der Waals surface area contributed by atoms with Gasteiger partial charge in [-0.25, -0.2) is 0 Å². The van der Waals surface area contributed by atoms with E-state index >= 15 is 0 Å². The third kappa shape index (κ3) is 9.42. The van der Waals surface area contributed by atoms with Crippen molar-refractivity contribution >= 4 is 28.2 Å². The molecule has 1 aliphatic rings. The Kier molecular flexibility index (Phi) is 16.2. The van der Waals surface area contributed by atoms with Gasteiger partial charge in [-0.15, -0.1) is 0 Å². The number of carbonyl (C=O) groups is 1. The van der Waals surface area contributed by atoms with E-state index in [1.54, 1.807) is 0 Å². The number of hydrogen-bond acceptors (Lipinski definition) is 3. The van der Waals surface area contributed by atoms with Crippen LogP contribution in [-0.4, -0.2) is 42.3 Å². The zero-order valence-electron chi connectivity index (χ0n) is 35.5. The van der Waals surface area contributed by atoms with Crippen molar-refractivity contribution in [3.63, 3.8) is 0 Å². The minimum Gasteiger partial charge on any atom is -0.416 e. The number of anilines is 1. The summed E-state index contributed by atoms with van der Waals surface area (Å²) in [5, 5.41) is 0. The summed E-state index contributed by atoms with van der Waals surface area (Å²) in [6, 6.07) is 6.65. The fourth-order valence-electron chi connectivity index (χ4n) is 10.0. The number of rotatable bonds is 19. The van der Waals surface area contributed by atoms with E-state index in [0.717, 1.165) is 50.2 Å². The van der Waals surface area contributed by atoms with Gasteiger partial charge >= 0.3 is 0 Å². The maximum atomic E-state index is 15.0. The first-order valence-corrected chi connectivity index (χ1v) is 24.3. The van der Waals surface area contributed by atoms with Crippen molar-refractivity contribution in [2.45, 2.75) is 195 Å². The Labute approximate surface area is 306 Å². The molecule has 0 radical (unpaired) electrons. The normalized spacial score (nSPS) is 16.4. The molecular weight excluding hydrogens is 635 g/mol. The zero-order valence-corrected chi connectivity index (χ0v) is 37.5. The summed E-state index contributed by atoms with van der Waals surface area (Å²) in [5.74, 6) is 0.871. The van der Waals surface area contributed by atoms with Gasteiger partial charge in [-0.05, 0) is 81.9 Å². The van der Waals surface area contributed by atoms with E-state index in [2.05, 4.69) is 148 Å². The molecule has 2 rings (SSSR count). The molecule has 1 aliphatic heterocycles. The molecule has 1 aromatic carbocycles. The van der Waals surface area contributed by atoms with Crippen LogP contribution in [0.1, 0.15) is 173 Å². The Morgan fingerprint density at radius 1 is 0.633 bits per heavy atom. The summed E-state index contributed by atoms with van der Waals surface area (Å²) in [5.41, 5.74) is 9.27. The highest BCUT2D eigenvalue weighted by Gasteiger charge is 2.46. The second kappa shape index (κ2) is 18.0. The molecule has 6 heteroatoms. The van der Waals surface area contributed by atoms with Gasteiger partial charge in [0.25, 0.3) is 5.91 Å². The van der Waals surface area contributed by atoms with Crippen molar-refractivity contribution in [3.8, 4) is 0 Å². The van der Waals surface area contributed by atoms with Gasteiger partial charge in [0.1, 0.15) is 0 Å². The van der Waals surface area contributed by atoms with Crippen LogP contribution in [0, 0.1) is 5.41 Å². The quantitative estimate of drug-likeness (QED) is 0.106. The number of amides is 1. The first-order chi connectivity index (χ1) is 22.6. The first-order valence-electron chi connectivity index (χ1n) is 20.1. The Balaban J connectivity index is 2.57. The number of carbonyl (C=O) groups excluding carboxylic acids is 1. The average molecular weight is 714 g/mol. The van der Waals surface area contributed by atoms with Crippen LogP contribution < -0.4 is 4.90 Å². The lowest BCUT2D eigenvalue weighted by atomic mass is 9.74. The molecule has 0 aromatic heterocycles. The molecule has 0 spiro atoms. The molecule has 1 amide bonds. The number of benzene rings is 1. The Hall–Kier alpha value is -1.22. The van der Waals surface area contributed by atoms with Gasteiger partial charge in [0, 0.05) is 30.7 Å². The van der Waals surface area contributed by atoms with E-state index in [-0.39, 0.29) is 11.3 Å². The predicted octanol–water partition coefficient (Wildman–Crippen LogP) is 13.5. The van der Waals surface area contributed by atoms with Gasteiger partial charge < -0.3 is 13.8 Å². The second-order valence-electron chi connectivity index (χ2n) is 18.4. The highest BCUT2D eigenvalue weighted by molar-refractivity contribution is 6.78. The van der Waals surface area contributed by atoms with Crippen LogP contribution >= 0.6 is 0 Å². The molecule has 1 heterocycles. The van der Waals surface area contributed by atoms with Crippen molar-refractivity contribution in [2.24, 2.45) is 5.41 Å². The van der Waals surface area contributed by atoms with Crippen molar-refractivity contribution in [2.75, 3.05) is 24.7 Å². The van der Waals surface area contributed by atoms with E-state index in [0.29, 0.717) is 51.6 Å². The largest absolute Gasteiger partial charge is 0.416 e. The van der Waals surface area contributed by atoms with Crippen LogP contribution in [0.4, 0.5) is 5.69 Å². The summed E-state index contributed by atoms with van der Waals surface area (Å²) in [4.78, 5) is 17.1. The molecule has 4 nitrogen and oxygen atoms in total. The fraction of sp³-hybridized carbons (Fsp3) is 0.791. The lowest BCUT2D eigenvalue weighted by molar-refractivity contribution is -0.116. The number of nitrogens with zero attached hydrogens (tertiary/aromatic N) is 1. The molecule has 1 aromatic rings. The molecule has 282 valence electrons. The van der Waals surface area contributed by atoms with Crippen LogP contribution in [-0.2, 0) is 13.6 Å². The highest BCUT2D eigenvalue weighted by atomic mass is 28.4. The van der Waals surface area contributed by atoms with Gasteiger partial charge in [0.15, 0.2) is 16.6 Å². The summed E-state index contributed by atoms with van der Waals surface area (Å²) < 4.78 is 14.0. The van der Waals surface area contributed by atoms with Crippen LogP contribution in [0.3, 0.4) is 0 Å². The van der Waals surface area contributed by atoms with Crippen molar-refractivity contribution in [1.82, 2.24) is 0 Å². The molecule has 0 fully saturated rings. The maximum absolute atomic E-state index is 15.0. The summed E-state index contributed by atoms with van der Waals surface area (Å²) in [6.07, 6.45) is 3.50. The number of hydrogen-bond donors (Lipinski definition) is 0. The molecule has 0 N–H and O–H groups in total. The van der Waals surface area contributed by atoms with Crippen LogP contribution in [0.15, 0.2) is 29.3 Å². The van der Waals surface area contributed by atoms with Crippen LogP contribution in [0.2, 0.25) is 33.2 Å². The van der Waals surface area contributed by atoms with Crippen molar-refractivity contribution in [3.05, 3.63) is 40.5 Å². The first kappa shape index (κ1) is 43.9. The molecule has 0 unspecified atom stereocenters. The highest BCUT2D eigenvalue weighted by Crippen LogP contribution is 2.47. The topological polar surface area (TPSA) is 38.8 Å². The van der Waals surface area contributed by atoms with Gasteiger partial charge in [-0.2, -0.15) is 0 Å². The third-order valence-corrected chi connectivity index (χ3v) is 24.3. The Bertz CT molecular complexity index is 1170. The van der Waals surface area contributed by atoms with Crippen LogP contribution in [0.5, 0.6) is 0 Å². The average Bonchev–Trinajstić information content (AvgIpc) is 2.97. The molecule has 0 aliphatic carbocycles. The molecule has 0 saturated carbocycles. The maximum Gasteiger partial charge on any atom is 0.254 e. The molecule has 0 bridgehead atoms. The fourth-order valence-corrected chi connectivity index (χ4v) is 21.0. The lowest BCUT2D eigenvalue weighted by Gasteiger charge is -2.44. The summed E-state index contributed by atoms with van der Waals surface area (Å²) in [6.45, 7) is 44.3. The van der Waals surface area contributed by atoms with Gasteiger partial charge in [0.2, 0.25) is 0 Å². The smallest absolute Gasteiger partial charge is 0.254 e. The number of para-hydroxylation sites is 1. The van der Waals surface area contributed by atoms with Gasteiger partial charge in [-0.3, -0.25) is 4.79 Å². The molecular formula is C43H79NO3Si2. The van der Waals surface area contributed by atoms with Crippen molar-refractivity contribution in [1.29, 1.82) is 0 Å².